The molecule has 1 fully saturated rings. The molecule has 0 bridgehead atoms. The largest absolute Gasteiger partial charge is 0.468 e. The Morgan fingerprint density at radius 3 is 2.79 bits per heavy atom. The lowest BCUT2D eigenvalue weighted by molar-refractivity contribution is -0.142. The van der Waals surface area contributed by atoms with Crippen molar-refractivity contribution in [3.05, 3.63) is 0 Å². The van der Waals surface area contributed by atoms with E-state index in [2.05, 4.69) is 16.7 Å². The van der Waals surface area contributed by atoms with Crippen LogP contribution in [-0.4, -0.2) is 44.2 Å². The minimum absolute atomic E-state index is 0.315. The Morgan fingerprint density at radius 1 is 1.64 bits per heavy atom. The summed E-state index contributed by atoms with van der Waals surface area (Å²) in [6.07, 6.45) is 3.39. The van der Waals surface area contributed by atoms with Gasteiger partial charge in [0.15, 0.2) is 0 Å². The number of esters is 1. The molecule has 1 aliphatic rings. The van der Waals surface area contributed by atoms with Crippen molar-refractivity contribution >= 4 is 5.97 Å². The van der Waals surface area contributed by atoms with Gasteiger partial charge in [0.25, 0.3) is 0 Å². The van der Waals surface area contributed by atoms with Gasteiger partial charge in [-0.05, 0) is 38.8 Å². The summed E-state index contributed by atoms with van der Waals surface area (Å²) in [4.78, 5) is 13.2. The molecule has 14 heavy (non-hydrogen) atoms. The second-order valence-electron chi connectivity index (χ2n) is 4.12. The number of methoxy groups -OCH3 is 1. The summed E-state index contributed by atoms with van der Waals surface area (Å²) in [5.41, 5.74) is 5.62. The first kappa shape index (κ1) is 11.5. The van der Waals surface area contributed by atoms with E-state index in [4.69, 9.17) is 5.73 Å². The first-order valence-corrected chi connectivity index (χ1v) is 5.15. The maximum Gasteiger partial charge on any atom is 0.322 e. The maximum absolute atomic E-state index is 11.0. The van der Waals surface area contributed by atoms with Crippen molar-refractivity contribution < 1.29 is 9.53 Å². The van der Waals surface area contributed by atoms with E-state index in [-0.39, 0.29) is 5.97 Å². The summed E-state index contributed by atoms with van der Waals surface area (Å²) >= 11 is 0. The highest BCUT2D eigenvalue weighted by molar-refractivity contribution is 5.75. The smallest absolute Gasteiger partial charge is 0.322 e. The average Bonchev–Trinajstić information content (AvgIpc) is 2.96. The molecule has 4 heteroatoms. The molecule has 0 saturated heterocycles. The Morgan fingerprint density at radius 2 is 2.29 bits per heavy atom. The topological polar surface area (TPSA) is 55.6 Å². The third-order valence-corrected chi connectivity index (χ3v) is 2.59. The van der Waals surface area contributed by atoms with E-state index < -0.39 is 6.04 Å². The SMILES string of the molecule is COC(=O)C(N)CCN(C)CC1CC1. The molecule has 0 radical (unpaired) electrons. The van der Waals surface area contributed by atoms with Crippen LogP contribution in [0.3, 0.4) is 0 Å². The van der Waals surface area contributed by atoms with E-state index in [0.29, 0.717) is 6.42 Å². The second-order valence-corrected chi connectivity index (χ2v) is 4.12. The molecule has 1 rings (SSSR count). The average molecular weight is 200 g/mol. The van der Waals surface area contributed by atoms with Gasteiger partial charge in [0.1, 0.15) is 6.04 Å². The summed E-state index contributed by atoms with van der Waals surface area (Å²) in [6, 6.07) is -0.471. The Kier molecular flexibility index (Phi) is 4.35. The van der Waals surface area contributed by atoms with Crippen LogP contribution in [0.5, 0.6) is 0 Å². The molecular formula is C10H20N2O2. The lowest BCUT2D eigenvalue weighted by atomic mass is 10.2. The van der Waals surface area contributed by atoms with Gasteiger partial charge in [0, 0.05) is 6.54 Å². The van der Waals surface area contributed by atoms with Gasteiger partial charge >= 0.3 is 5.97 Å². The van der Waals surface area contributed by atoms with Gasteiger partial charge in [0.2, 0.25) is 0 Å². The summed E-state index contributed by atoms with van der Waals surface area (Å²) in [7, 11) is 3.44. The molecular weight excluding hydrogens is 180 g/mol. The Hall–Kier alpha value is -0.610. The zero-order valence-corrected chi connectivity index (χ0v) is 9.03. The summed E-state index contributed by atoms with van der Waals surface area (Å²) in [5.74, 6) is 0.569. The molecule has 0 amide bonds. The van der Waals surface area contributed by atoms with Gasteiger partial charge in [-0.25, -0.2) is 0 Å². The molecule has 82 valence electrons. The molecule has 0 aromatic rings. The van der Waals surface area contributed by atoms with E-state index in [0.717, 1.165) is 19.0 Å². The fraction of sp³-hybridized carbons (Fsp3) is 0.900. The standard InChI is InChI=1S/C10H20N2O2/c1-12(7-8-3-4-8)6-5-9(11)10(13)14-2/h8-9H,3-7,11H2,1-2H3. The lowest BCUT2D eigenvalue weighted by Crippen LogP contribution is -2.35. The maximum atomic E-state index is 11.0. The minimum Gasteiger partial charge on any atom is -0.468 e. The molecule has 0 aromatic carbocycles. The summed E-state index contributed by atoms with van der Waals surface area (Å²) < 4.78 is 4.56. The Balaban J connectivity index is 2.08. The fourth-order valence-corrected chi connectivity index (χ4v) is 1.46. The van der Waals surface area contributed by atoms with Crippen LogP contribution < -0.4 is 5.73 Å². The monoisotopic (exact) mass is 200 g/mol. The molecule has 0 aliphatic heterocycles. The molecule has 0 heterocycles. The van der Waals surface area contributed by atoms with Gasteiger partial charge in [-0.15, -0.1) is 0 Å². The summed E-state index contributed by atoms with van der Waals surface area (Å²) in [5, 5.41) is 0. The third kappa shape index (κ3) is 4.07. The van der Waals surface area contributed by atoms with Crippen LogP contribution in [0, 0.1) is 5.92 Å². The van der Waals surface area contributed by atoms with Gasteiger partial charge in [-0.3, -0.25) is 4.79 Å². The number of carbonyl (C=O) groups excluding carboxylic acids is 1. The van der Waals surface area contributed by atoms with E-state index in [1.165, 1.54) is 20.0 Å². The van der Waals surface area contributed by atoms with Crippen LogP contribution in [0.4, 0.5) is 0 Å². The number of hydrogen-bond acceptors (Lipinski definition) is 4. The van der Waals surface area contributed by atoms with Crippen molar-refractivity contribution in [1.29, 1.82) is 0 Å². The van der Waals surface area contributed by atoms with Crippen LogP contribution in [0.2, 0.25) is 0 Å². The van der Waals surface area contributed by atoms with E-state index >= 15 is 0 Å². The quantitative estimate of drug-likeness (QED) is 0.623. The molecule has 0 spiro atoms. The molecule has 1 saturated carbocycles. The summed E-state index contributed by atoms with van der Waals surface area (Å²) in [6.45, 7) is 2.00. The first-order valence-electron chi connectivity index (χ1n) is 5.15. The number of rotatable bonds is 6. The van der Waals surface area contributed by atoms with E-state index in [1.54, 1.807) is 0 Å². The van der Waals surface area contributed by atoms with Crippen LogP contribution in [0.15, 0.2) is 0 Å². The molecule has 4 nitrogen and oxygen atoms in total. The number of carbonyl (C=O) groups is 1. The Labute approximate surface area is 85.4 Å². The van der Waals surface area contributed by atoms with Crippen LogP contribution >= 0.6 is 0 Å². The Bertz CT molecular complexity index is 193. The number of hydrogen-bond donors (Lipinski definition) is 1. The molecule has 0 aromatic heterocycles. The highest BCUT2D eigenvalue weighted by atomic mass is 16.5. The second kappa shape index (κ2) is 5.32. The van der Waals surface area contributed by atoms with Gasteiger partial charge < -0.3 is 15.4 Å². The zero-order valence-electron chi connectivity index (χ0n) is 9.03. The number of nitrogens with two attached hydrogens (primary N) is 1. The number of ether oxygens (including phenoxy) is 1. The molecule has 1 aliphatic carbocycles. The third-order valence-electron chi connectivity index (χ3n) is 2.59. The lowest BCUT2D eigenvalue weighted by Gasteiger charge is -2.17. The van der Waals surface area contributed by atoms with Gasteiger partial charge in [-0.1, -0.05) is 0 Å². The van der Waals surface area contributed by atoms with Gasteiger partial charge in [-0.2, -0.15) is 0 Å². The van der Waals surface area contributed by atoms with Crippen molar-refractivity contribution in [1.82, 2.24) is 4.90 Å². The number of nitrogens with zero attached hydrogens (tertiary/aromatic N) is 1. The van der Waals surface area contributed by atoms with Gasteiger partial charge in [0.05, 0.1) is 7.11 Å². The molecule has 1 unspecified atom stereocenters. The van der Waals surface area contributed by atoms with E-state index in [1.807, 2.05) is 0 Å². The zero-order chi connectivity index (χ0) is 10.6. The van der Waals surface area contributed by atoms with Crippen molar-refractivity contribution in [3.8, 4) is 0 Å². The van der Waals surface area contributed by atoms with Crippen LogP contribution in [0.25, 0.3) is 0 Å². The van der Waals surface area contributed by atoms with Crippen LogP contribution in [-0.2, 0) is 9.53 Å². The predicted molar refractivity (Wildman–Crippen MR) is 54.8 cm³/mol. The minimum atomic E-state index is -0.471. The van der Waals surface area contributed by atoms with Crippen molar-refractivity contribution in [2.75, 3.05) is 27.2 Å². The highest BCUT2D eigenvalue weighted by Crippen LogP contribution is 2.29. The van der Waals surface area contributed by atoms with Crippen molar-refractivity contribution in [2.24, 2.45) is 11.7 Å². The predicted octanol–water partition coefficient (Wildman–Crippen LogP) is 0.219. The molecule has 2 N–H and O–H groups in total. The first-order chi connectivity index (χ1) is 6.63. The van der Waals surface area contributed by atoms with Crippen molar-refractivity contribution in [2.45, 2.75) is 25.3 Å². The van der Waals surface area contributed by atoms with Crippen molar-refractivity contribution in [3.63, 3.8) is 0 Å². The normalized spacial score (nSPS) is 18.3. The fourth-order valence-electron chi connectivity index (χ4n) is 1.46. The van der Waals surface area contributed by atoms with E-state index in [9.17, 15) is 4.79 Å². The van der Waals surface area contributed by atoms with Crippen LogP contribution in [0.1, 0.15) is 19.3 Å². The highest BCUT2D eigenvalue weighted by Gasteiger charge is 2.23. The molecule has 1 atom stereocenters.